The number of nitrogens with one attached hydrogen (secondary N) is 1. The van der Waals surface area contributed by atoms with Crippen molar-refractivity contribution in [1.29, 1.82) is 0 Å². The van der Waals surface area contributed by atoms with Crippen LogP contribution >= 0.6 is 27.3 Å². The lowest BCUT2D eigenvalue weighted by Gasteiger charge is -2.24. The Morgan fingerprint density at radius 3 is 2.60 bits per heavy atom. The lowest BCUT2D eigenvalue weighted by Crippen LogP contribution is -2.20. The van der Waals surface area contributed by atoms with Crippen molar-refractivity contribution >= 4 is 27.3 Å². The molecular formula is C12H20BrNS. The highest BCUT2D eigenvalue weighted by Crippen LogP contribution is 2.29. The topological polar surface area (TPSA) is 12.0 Å². The Balaban J connectivity index is 2.35. The molecule has 0 fully saturated rings. The van der Waals surface area contributed by atoms with E-state index in [1.807, 2.05) is 18.4 Å². The molecule has 1 N–H and O–H groups in total. The summed E-state index contributed by atoms with van der Waals surface area (Å²) in [4.78, 5) is 1.49. The zero-order chi connectivity index (χ0) is 11.3. The van der Waals surface area contributed by atoms with Crippen molar-refractivity contribution < 1.29 is 0 Å². The highest BCUT2D eigenvalue weighted by Gasteiger charge is 2.17. The van der Waals surface area contributed by atoms with Crippen LogP contribution in [0.5, 0.6) is 0 Å². The SMILES string of the molecule is CNCCC(C)(C)CCc1ccc(Br)s1. The molecule has 0 spiro atoms. The van der Waals surface area contributed by atoms with Crippen LogP contribution in [-0.4, -0.2) is 13.6 Å². The smallest absolute Gasteiger partial charge is 0.0701 e. The van der Waals surface area contributed by atoms with Crippen molar-refractivity contribution in [2.45, 2.75) is 33.1 Å². The standard InChI is InChI=1S/C12H20BrNS/c1-12(2,8-9-14-3)7-6-10-4-5-11(13)15-10/h4-5,14H,6-9H2,1-3H3. The molecule has 0 aliphatic rings. The highest BCUT2D eigenvalue weighted by atomic mass is 79.9. The molecule has 0 amide bonds. The average Bonchev–Trinajstić information content (AvgIpc) is 2.59. The Kier molecular flexibility index (Phi) is 5.30. The summed E-state index contributed by atoms with van der Waals surface area (Å²) < 4.78 is 1.24. The molecule has 0 aliphatic carbocycles. The second-order valence-corrected chi connectivity index (χ2v) is 7.27. The van der Waals surface area contributed by atoms with Gasteiger partial charge in [-0.3, -0.25) is 0 Å². The Morgan fingerprint density at radius 2 is 2.07 bits per heavy atom. The molecule has 1 heterocycles. The van der Waals surface area contributed by atoms with Gasteiger partial charge in [0, 0.05) is 4.88 Å². The minimum atomic E-state index is 0.444. The molecule has 15 heavy (non-hydrogen) atoms. The number of rotatable bonds is 6. The second-order valence-electron chi connectivity index (χ2n) is 4.72. The first-order valence-electron chi connectivity index (χ1n) is 5.42. The van der Waals surface area contributed by atoms with Gasteiger partial charge < -0.3 is 5.32 Å². The van der Waals surface area contributed by atoms with Gasteiger partial charge in [-0.05, 0) is 66.3 Å². The third kappa shape index (κ3) is 5.14. The van der Waals surface area contributed by atoms with Crippen LogP contribution in [0.1, 0.15) is 31.6 Å². The van der Waals surface area contributed by atoms with E-state index in [0.717, 1.165) is 6.54 Å². The fourth-order valence-electron chi connectivity index (χ4n) is 1.54. The summed E-state index contributed by atoms with van der Waals surface area (Å²) in [6.45, 7) is 5.82. The summed E-state index contributed by atoms with van der Waals surface area (Å²) in [7, 11) is 2.02. The average molecular weight is 290 g/mol. The molecule has 0 radical (unpaired) electrons. The van der Waals surface area contributed by atoms with Crippen LogP contribution in [-0.2, 0) is 6.42 Å². The Hall–Kier alpha value is 0.140. The molecule has 1 nitrogen and oxygen atoms in total. The molecule has 0 atom stereocenters. The third-order valence-electron chi connectivity index (χ3n) is 2.73. The molecular weight excluding hydrogens is 270 g/mol. The summed E-state index contributed by atoms with van der Waals surface area (Å²) in [6, 6.07) is 4.36. The van der Waals surface area contributed by atoms with Crippen LogP contribution in [0.25, 0.3) is 0 Å². The van der Waals surface area contributed by atoms with Crippen molar-refractivity contribution in [2.75, 3.05) is 13.6 Å². The van der Waals surface area contributed by atoms with E-state index in [1.54, 1.807) is 0 Å². The highest BCUT2D eigenvalue weighted by molar-refractivity contribution is 9.11. The lowest BCUT2D eigenvalue weighted by atomic mass is 9.84. The Bertz CT molecular complexity index is 294. The van der Waals surface area contributed by atoms with Crippen molar-refractivity contribution in [2.24, 2.45) is 5.41 Å². The minimum Gasteiger partial charge on any atom is -0.320 e. The molecule has 0 saturated heterocycles. The maximum absolute atomic E-state index is 3.50. The molecule has 0 aliphatic heterocycles. The van der Waals surface area contributed by atoms with Gasteiger partial charge in [0.05, 0.1) is 3.79 Å². The summed E-state index contributed by atoms with van der Waals surface area (Å²) in [5.74, 6) is 0. The van der Waals surface area contributed by atoms with E-state index < -0.39 is 0 Å². The summed E-state index contributed by atoms with van der Waals surface area (Å²) in [5, 5.41) is 3.22. The zero-order valence-corrected chi connectivity index (χ0v) is 12.2. The van der Waals surface area contributed by atoms with Crippen LogP contribution in [0.2, 0.25) is 0 Å². The van der Waals surface area contributed by atoms with Crippen LogP contribution < -0.4 is 5.32 Å². The van der Waals surface area contributed by atoms with Gasteiger partial charge in [0.2, 0.25) is 0 Å². The van der Waals surface area contributed by atoms with E-state index in [-0.39, 0.29) is 0 Å². The van der Waals surface area contributed by atoms with E-state index in [0.29, 0.717) is 5.41 Å². The summed E-state index contributed by atoms with van der Waals surface area (Å²) in [6.07, 6.45) is 3.71. The van der Waals surface area contributed by atoms with Gasteiger partial charge >= 0.3 is 0 Å². The van der Waals surface area contributed by atoms with Crippen molar-refractivity contribution in [3.63, 3.8) is 0 Å². The minimum absolute atomic E-state index is 0.444. The largest absolute Gasteiger partial charge is 0.320 e. The molecule has 3 heteroatoms. The predicted octanol–water partition coefficient (Wildman–Crippen LogP) is 4.08. The quantitative estimate of drug-likeness (QED) is 0.832. The maximum Gasteiger partial charge on any atom is 0.0701 e. The van der Waals surface area contributed by atoms with E-state index >= 15 is 0 Å². The predicted molar refractivity (Wildman–Crippen MR) is 72.7 cm³/mol. The van der Waals surface area contributed by atoms with E-state index in [9.17, 15) is 0 Å². The zero-order valence-electron chi connectivity index (χ0n) is 9.77. The summed E-state index contributed by atoms with van der Waals surface area (Å²) in [5.41, 5.74) is 0.444. The lowest BCUT2D eigenvalue weighted by molar-refractivity contribution is 0.306. The Morgan fingerprint density at radius 1 is 1.33 bits per heavy atom. The van der Waals surface area contributed by atoms with Gasteiger partial charge in [-0.2, -0.15) is 0 Å². The van der Waals surface area contributed by atoms with Crippen LogP contribution in [0.3, 0.4) is 0 Å². The fourth-order valence-corrected chi connectivity index (χ4v) is 3.02. The van der Waals surface area contributed by atoms with Gasteiger partial charge in [0.1, 0.15) is 0 Å². The molecule has 1 aromatic rings. The first kappa shape index (κ1) is 13.2. The van der Waals surface area contributed by atoms with Gasteiger partial charge in [-0.15, -0.1) is 11.3 Å². The normalized spacial score (nSPS) is 12.0. The van der Waals surface area contributed by atoms with Crippen molar-refractivity contribution in [3.05, 3.63) is 20.8 Å². The van der Waals surface area contributed by atoms with E-state index in [2.05, 4.69) is 47.2 Å². The van der Waals surface area contributed by atoms with E-state index in [4.69, 9.17) is 0 Å². The van der Waals surface area contributed by atoms with E-state index in [1.165, 1.54) is 27.9 Å². The number of thiophene rings is 1. The van der Waals surface area contributed by atoms with Crippen LogP contribution in [0.15, 0.2) is 15.9 Å². The van der Waals surface area contributed by atoms with Gasteiger partial charge in [0.25, 0.3) is 0 Å². The third-order valence-corrected chi connectivity index (χ3v) is 4.41. The second kappa shape index (κ2) is 6.02. The van der Waals surface area contributed by atoms with Crippen LogP contribution in [0.4, 0.5) is 0 Å². The number of aryl methyl sites for hydroxylation is 1. The number of halogens is 1. The Labute approximate surface area is 105 Å². The van der Waals surface area contributed by atoms with Crippen molar-refractivity contribution in [1.82, 2.24) is 5.32 Å². The molecule has 1 rings (SSSR count). The van der Waals surface area contributed by atoms with Gasteiger partial charge in [-0.25, -0.2) is 0 Å². The van der Waals surface area contributed by atoms with Crippen molar-refractivity contribution in [3.8, 4) is 0 Å². The van der Waals surface area contributed by atoms with Gasteiger partial charge in [-0.1, -0.05) is 13.8 Å². The first-order valence-corrected chi connectivity index (χ1v) is 7.03. The monoisotopic (exact) mass is 289 g/mol. The van der Waals surface area contributed by atoms with Gasteiger partial charge in [0.15, 0.2) is 0 Å². The van der Waals surface area contributed by atoms with Crippen LogP contribution in [0, 0.1) is 5.41 Å². The number of hydrogen-bond donors (Lipinski definition) is 1. The molecule has 1 aromatic heterocycles. The fraction of sp³-hybridized carbons (Fsp3) is 0.667. The number of hydrogen-bond acceptors (Lipinski definition) is 2. The maximum atomic E-state index is 3.50. The summed E-state index contributed by atoms with van der Waals surface area (Å²) >= 11 is 5.36. The molecule has 0 unspecified atom stereocenters. The molecule has 0 aromatic carbocycles. The first-order chi connectivity index (χ1) is 7.03. The molecule has 86 valence electrons. The molecule has 0 bridgehead atoms. The molecule has 0 saturated carbocycles.